The molecular formula is C12H13NO3. The molecule has 0 radical (unpaired) electrons. The van der Waals surface area contributed by atoms with Crippen LogP contribution in [0, 0.1) is 0 Å². The minimum absolute atomic E-state index is 0.336. The summed E-state index contributed by atoms with van der Waals surface area (Å²) in [6.45, 7) is 2.47. The zero-order valence-corrected chi connectivity index (χ0v) is 9.06. The highest BCUT2D eigenvalue weighted by atomic mass is 16.4. The summed E-state index contributed by atoms with van der Waals surface area (Å²) in [6.07, 6.45) is 1.60. The molecule has 0 atom stereocenters. The average molecular weight is 219 g/mol. The van der Waals surface area contributed by atoms with Gasteiger partial charge in [0.15, 0.2) is 5.58 Å². The molecule has 0 aliphatic heterocycles. The van der Waals surface area contributed by atoms with Crippen LogP contribution in [-0.2, 0) is 12.1 Å². The molecule has 0 bridgehead atoms. The molecule has 2 aromatic rings. The fourth-order valence-corrected chi connectivity index (χ4v) is 2.06. The number of oxazole rings is 1. The van der Waals surface area contributed by atoms with E-state index in [4.69, 9.17) is 4.42 Å². The molecule has 1 aromatic heterocycles. The number of fused-ring (bicyclic) bond motifs is 1. The van der Waals surface area contributed by atoms with Gasteiger partial charge in [0.25, 0.3) is 0 Å². The van der Waals surface area contributed by atoms with Gasteiger partial charge in [-0.1, -0.05) is 6.07 Å². The Labute approximate surface area is 92.1 Å². The first-order valence-corrected chi connectivity index (χ1v) is 5.50. The van der Waals surface area contributed by atoms with Crippen LogP contribution in [0.15, 0.2) is 27.4 Å². The summed E-state index contributed by atoms with van der Waals surface area (Å²) < 4.78 is 6.68. The van der Waals surface area contributed by atoms with Crippen LogP contribution in [0.4, 0.5) is 0 Å². The van der Waals surface area contributed by atoms with Crippen LogP contribution in [0.25, 0.3) is 11.1 Å². The van der Waals surface area contributed by atoms with Crippen molar-refractivity contribution in [1.29, 1.82) is 0 Å². The van der Waals surface area contributed by atoms with E-state index in [-0.39, 0.29) is 5.76 Å². The van der Waals surface area contributed by atoms with Gasteiger partial charge in [-0.3, -0.25) is 4.57 Å². The summed E-state index contributed by atoms with van der Waals surface area (Å²) in [5.74, 6) is -0.336. The predicted molar refractivity (Wildman–Crippen MR) is 59.3 cm³/mol. The van der Waals surface area contributed by atoms with Gasteiger partial charge in [0, 0.05) is 6.54 Å². The molecule has 1 aromatic carbocycles. The Kier molecular flexibility index (Phi) is 1.80. The molecule has 0 amide bonds. The van der Waals surface area contributed by atoms with Crippen LogP contribution in [-0.4, -0.2) is 9.67 Å². The second kappa shape index (κ2) is 2.98. The van der Waals surface area contributed by atoms with Crippen molar-refractivity contribution in [2.75, 3.05) is 0 Å². The van der Waals surface area contributed by atoms with E-state index in [2.05, 4.69) is 0 Å². The first-order chi connectivity index (χ1) is 7.64. The minimum Gasteiger partial charge on any atom is -0.408 e. The van der Waals surface area contributed by atoms with Gasteiger partial charge >= 0.3 is 5.76 Å². The lowest BCUT2D eigenvalue weighted by Gasteiger charge is -2.07. The third kappa shape index (κ3) is 1.23. The molecule has 16 heavy (non-hydrogen) atoms. The van der Waals surface area contributed by atoms with E-state index < -0.39 is 5.60 Å². The SMILES string of the molecule is CCn1c(=O)oc2ccc(C3(O)CC3)cc21. The molecule has 1 fully saturated rings. The largest absolute Gasteiger partial charge is 0.419 e. The smallest absolute Gasteiger partial charge is 0.408 e. The lowest BCUT2D eigenvalue weighted by molar-refractivity contribution is 0.151. The zero-order valence-electron chi connectivity index (χ0n) is 9.06. The molecule has 1 saturated carbocycles. The maximum atomic E-state index is 11.5. The van der Waals surface area contributed by atoms with Gasteiger partial charge in [-0.05, 0) is 37.5 Å². The summed E-state index contributed by atoms with van der Waals surface area (Å²) >= 11 is 0. The van der Waals surface area contributed by atoms with Gasteiger partial charge in [0.1, 0.15) is 0 Å². The average Bonchev–Trinajstić information content (AvgIpc) is 2.93. The molecule has 1 heterocycles. The molecule has 84 valence electrons. The Bertz CT molecular complexity index is 604. The molecular weight excluding hydrogens is 206 g/mol. The predicted octanol–water partition coefficient (Wildman–Crippen LogP) is 1.60. The highest BCUT2D eigenvalue weighted by Gasteiger charge is 2.42. The quantitative estimate of drug-likeness (QED) is 0.834. The van der Waals surface area contributed by atoms with E-state index >= 15 is 0 Å². The van der Waals surface area contributed by atoms with Crippen molar-refractivity contribution in [2.24, 2.45) is 0 Å². The summed E-state index contributed by atoms with van der Waals surface area (Å²) in [4.78, 5) is 11.5. The second-order valence-corrected chi connectivity index (χ2v) is 4.33. The fraction of sp³-hybridized carbons (Fsp3) is 0.417. The maximum absolute atomic E-state index is 11.5. The third-order valence-electron chi connectivity index (χ3n) is 3.24. The van der Waals surface area contributed by atoms with Crippen LogP contribution in [0.2, 0.25) is 0 Å². The number of aromatic nitrogens is 1. The number of benzene rings is 1. The van der Waals surface area contributed by atoms with Crippen LogP contribution >= 0.6 is 0 Å². The summed E-state index contributed by atoms with van der Waals surface area (Å²) in [5.41, 5.74) is 1.56. The molecule has 0 saturated heterocycles. The maximum Gasteiger partial charge on any atom is 0.419 e. The van der Waals surface area contributed by atoms with E-state index in [1.807, 2.05) is 19.1 Å². The minimum atomic E-state index is -0.667. The summed E-state index contributed by atoms with van der Waals surface area (Å²) in [5, 5.41) is 10.0. The number of hydrogen-bond acceptors (Lipinski definition) is 3. The zero-order chi connectivity index (χ0) is 11.3. The van der Waals surface area contributed by atoms with Crippen molar-refractivity contribution >= 4 is 11.1 Å². The lowest BCUT2D eigenvalue weighted by Crippen LogP contribution is -2.12. The van der Waals surface area contributed by atoms with Crippen LogP contribution < -0.4 is 5.76 Å². The molecule has 4 nitrogen and oxygen atoms in total. The standard InChI is InChI=1S/C12H13NO3/c1-2-13-9-7-8(12(15)5-6-12)3-4-10(9)16-11(13)14/h3-4,7,15H,2,5-6H2,1H3. The third-order valence-corrected chi connectivity index (χ3v) is 3.24. The van der Waals surface area contributed by atoms with Crippen molar-refractivity contribution in [3.05, 3.63) is 34.3 Å². The van der Waals surface area contributed by atoms with Crippen molar-refractivity contribution in [2.45, 2.75) is 31.9 Å². The normalized spacial score (nSPS) is 17.9. The van der Waals surface area contributed by atoms with Crippen LogP contribution in [0.5, 0.6) is 0 Å². The Morgan fingerprint density at radius 1 is 1.50 bits per heavy atom. The monoisotopic (exact) mass is 219 g/mol. The Morgan fingerprint density at radius 2 is 2.25 bits per heavy atom. The summed E-state index contributed by atoms with van der Waals surface area (Å²) in [7, 11) is 0. The Hall–Kier alpha value is -1.55. The van der Waals surface area contributed by atoms with Crippen molar-refractivity contribution in [3.8, 4) is 0 Å². The first kappa shape index (κ1) is 9.66. The molecule has 1 aliphatic carbocycles. The number of aryl methyl sites for hydroxylation is 1. The van der Waals surface area contributed by atoms with Gasteiger partial charge in [0.2, 0.25) is 0 Å². The van der Waals surface area contributed by atoms with E-state index in [0.717, 1.165) is 23.9 Å². The molecule has 4 heteroatoms. The van der Waals surface area contributed by atoms with Gasteiger partial charge < -0.3 is 9.52 Å². The Balaban J connectivity index is 2.26. The van der Waals surface area contributed by atoms with Crippen molar-refractivity contribution < 1.29 is 9.52 Å². The van der Waals surface area contributed by atoms with Crippen LogP contribution in [0.1, 0.15) is 25.3 Å². The van der Waals surface area contributed by atoms with E-state index in [1.54, 1.807) is 10.6 Å². The molecule has 0 unspecified atom stereocenters. The number of aliphatic hydroxyl groups is 1. The van der Waals surface area contributed by atoms with Crippen molar-refractivity contribution in [1.82, 2.24) is 4.57 Å². The highest BCUT2D eigenvalue weighted by Crippen LogP contribution is 2.45. The van der Waals surface area contributed by atoms with Crippen molar-refractivity contribution in [3.63, 3.8) is 0 Å². The number of rotatable bonds is 2. The number of hydrogen-bond donors (Lipinski definition) is 1. The van der Waals surface area contributed by atoms with Crippen LogP contribution in [0.3, 0.4) is 0 Å². The molecule has 0 spiro atoms. The topological polar surface area (TPSA) is 55.4 Å². The lowest BCUT2D eigenvalue weighted by atomic mass is 10.1. The highest BCUT2D eigenvalue weighted by molar-refractivity contribution is 5.74. The molecule has 1 aliphatic rings. The molecule has 3 rings (SSSR count). The molecule has 1 N–H and O–H groups in total. The Morgan fingerprint density at radius 3 is 2.88 bits per heavy atom. The van der Waals surface area contributed by atoms with Gasteiger partial charge in [-0.25, -0.2) is 4.79 Å². The fourth-order valence-electron chi connectivity index (χ4n) is 2.06. The summed E-state index contributed by atoms with van der Waals surface area (Å²) in [6, 6.07) is 5.45. The second-order valence-electron chi connectivity index (χ2n) is 4.33. The van der Waals surface area contributed by atoms with Gasteiger partial charge in [-0.15, -0.1) is 0 Å². The van der Waals surface area contributed by atoms with E-state index in [1.165, 1.54) is 0 Å². The van der Waals surface area contributed by atoms with Gasteiger partial charge in [0.05, 0.1) is 11.1 Å². The van der Waals surface area contributed by atoms with Gasteiger partial charge in [-0.2, -0.15) is 0 Å². The number of nitrogens with zero attached hydrogens (tertiary/aromatic N) is 1. The first-order valence-electron chi connectivity index (χ1n) is 5.50. The van der Waals surface area contributed by atoms with E-state index in [9.17, 15) is 9.90 Å². The van der Waals surface area contributed by atoms with E-state index in [0.29, 0.717) is 12.1 Å².